The van der Waals surface area contributed by atoms with E-state index in [1.807, 2.05) is 11.2 Å². The number of nitrogens with two attached hydrogens (primary N) is 1. The molecule has 1 heterocycles. The van der Waals surface area contributed by atoms with Crippen molar-refractivity contribution in [3.05, 3.63) is 35.4 Å². The monoisotopic (exact) mass is 317 g/mol. The van der Waals surface area contributed by atoms with Gasteiger partial charge in [-0.15, -0.1) is 0 Å². The Morgan fingerprint density at radius 3 is 2.86 bits per heavy atom. The predicted octanol–water partition coefficient (Wildman–Crippen LogP) is 2.61. The van der Waals surface area contributed by atoms with Crippen molar-refractivity contribution in [2.24, 2.45) is 10.7 Å². The van der Waals surface area contributed by atoms with Crippen molar-refractivity contribution < 1.29 is 13.2 Å². The van der Waals surface area contributed by atoms with E-state index in [0.717, 1.165) is 12.6 Å². The zero-order valence-corrected chi connectivity index (χ0v) is 12.5. The smallest absolute Gasteiger partial charge is 0.370 e. The van der Waals surface area contributed by atoms with Crippen LogP contribution in [0.25, 0.3) is 0 Å². The van der Waals surface area contributed by atoms with E-state index < -0.39 is 11.7 Å². The van der Waals surface area contributed by atoms with E-state index in [-0.39, 0.29) is 0 Å². The van der Waals surface area contributed by atoms with Crippen LogP contribution in [0.1, 0.15) is 11.1 Å². The summed E-state index contributed by atoms with van der Waals surface area (Å²) in [6.45, 7) is 2.07. The molecular formula is C14H18F3N3S. The fraction of sp³-hybridized carbons (Fsp3) is 0.500. The molecule has 0 aromatic heterocycles. The van der Waals surface area contributed by atoms with Crippen LogP contribution in [0.5, 0.6) is 0 Å². The molecule has 0 fully saturated rings. The Morgan fingerprint density at radius 2 is 2.19 bits per heavy atom. The molecule has 1 aromatic rings. The number of thioether (sulfide) groups is 1. The maximum absolute atomic E-state index is 12.7. The molecule has 1 aliphatic rings. The van der Waals surface area contributed by atoms with Crippen LogP contribution in [-0.2, 0) is 12.6 Å². The Morgan fingerprint density at radius 1 is 1.43 bits per heavy atom. The number of benzene rings is 1. The van der Waals surface area contributed by atoms with E-state index in [0.29, 0.717) is 36.3 Å². The van der Waals surface area contributed by atoms with E-state index in [1.54, 1.807) is 17.8 Å². The zero-order chi connectivity index (χ0) is 15.5. The summed E-state index contributed by atoms with van der Waals surface area (Å²) < 4.78 is 38.0. The fourth-order valence-electron chi connectivity index (χ4n) is 2.21. The average molecular weight is 317 g/mol. The number of halogens is 3. The van der Waals surface area contributed by atoms with Crippen molar-refractivity contribution in [2.45, 2.75) is 17.8 Å². The van der Waals surface area contributed by atoms with Crippen molar-refractivity contribution in [3.63, 3.8) is 0 Å². The molecule has 0 spiro atoms. The van der Waals surface area contributed by atoms with Crippen molar-refractivity contribution in [1.29, 1.82) is 0 Å². The first-order valence-electron chi connectivity index (χ1n) is 6.64. The van der Waals surface area contributed by atoms with Gasteiger partial charge in [0.25, 0.3) is 0 Å². The van der Waals surface area contributed by atoms with Gasteiger partial charge in [-0.1, -0.05) is 18.2 Å². The van der Waals surface area contributed by atoms with E-state index in [2.05, 4.69) is 4.99 Å². The van der Waals surface area contributed by atoms with Gasteiger partial charge in [0.2, 0.25) is 0 Å². The van der Waals surface area contributed by atoms with Crippen LogP contribution in [0.15, 0.2) is 29.3 Å². The maximum atomic E-state index is 12.7. The van der Waals surface area contributed by atoms with Gasteiger partial charge in [0.05, 0.1) is 12.1 Å². The molecular weight excluding hydrogens is 299 g/mol. The van der Waals surface area contributed by atoms with E-state index in [1.165, 1.54) is 12.1 Å². The van der Waals surface area contributed by atoms with Crippen LogP contribution in [0, 0.1) is 0 Å². The Balaban J connectivity index is 2.00. The first kappa shape index (κ1) is 16.0. The van der Waals surface area contributed by atoms with E-state index in [4.69, 9.17) is 5.73 Å². The van der Waals surface area contributed by atoms with E-state index in [9.17, 15) is 13.2 Å². The van der Waals surface area contributed by atoms with Gasteiger partial charge >= 0.3 is 6.18 Å². The summed E-state index contributed by atoms with van der Waals surface area (Å²) in [5.41, 5.74) is 5.89. The maximum Gasteiger partial charge on any atom is 0.416 e. The van der Waals surface area contributed by atoms with Crippen LogP contribution >= 0.6 is 11.8 Å². The molecule has 0 aliphatic carbocycles. The van der Waals surface area contributed by atoms with Gasteiger partial charge in [-0.05, 0) is 24.3 Å². The zero-order valence-electron chi connectivity index (χ0n) is 11.7. The lowest BCUT2D eigenvalue weighted by molar-refractivity contribution is -0.137. The second kappa shape index (κ2) is 6.60. The highest BCUT2D eigenvalue weighted by Gasteiger charge is 2.30. The highest BCUT2D eigenvalue weighted by molar-refractivity contribution is 7.99. The second-order valence-electron chi connectivity index (χ2n) is 4.95. The molecule has 0 bridgehead atoms. The molecule has 1 atom stereocenters. The van der Waals surface area contributed by atoms with Crippen molar-refractivity contribution >= 4 is 17.7 Å². The third-order valence-electron chi connectivity index (χ3n) is 3.46. The van der Waals surface area contributed by atoms with Crippen molar-refractivity contribution in [3.8, 4) is 0 Å². The molecule has 1 aromatic carbocycles. The van der Waals surface area contributed by atoms with Gasteiger partial charge in [0, 0.05) is 18.3 Å². The number of nitrogens with zero attached hydrogens (tertiary/aromatic N) is 2. The summed E-state index contributed by atoms with van der Waals surface area (Å²) >= 11 is 1.73. The van der Waals surface area contributed by atoms with Crippen LogP contribution in [0.4, 0.5) is 13.2 Å². The number of hydrogen-bond donors (Lipinski definition) is 1. The Kier molecular flexibility index (Phi) is 5.03. The van der Waals surface area contributed by atoms with E-state index >= 15 is 0 Å². The molecule has 0 radical (unpaired) electrons. The minimum absolute atomic E-state index is 0.388. The summed E-state index contributed by atoms with van der Waals surface area (Å²) in [6.07, 6.45) is -1.76. The lowest BCUT2D eigenvalue weighted by Crippen LogP contribution is -2.46. The SMILES string of the molecule is CSC1CN=C(N)N(CCc2cccc(C(F)(F)F)c2)C1. The number of hydrogen-bond acceptors (Lipinski definition) is 4. The molecule has 0 saturated heterocycles. The lowest BCUT2D eigenvalue weighted by Gasteiger charge is -2.31. The third-order valence-corrected chi connectivity index (χ3v) is 4.43. The Labute approximate surface area is 126 Å². The standard InChI is InChI=1S/C14H18F3N3S/c1-21-12-8-19-13(18)20(9-12)6-5-10-3-2-4-11(7-10)14(15,16)17/h2-4,7,12H,5-6,8-9H2,1H3,(H2,18,19). The Bertz CT molecular complexity index is 516. The van der Waals surface area contributed by atoms with Crippen molar-refractivity contribution in [2.75, 3.05) is 25.9 Å². The van der Waals surface area contributed by atoms with Gasteiger partial charge in [-0.25, -0.2) is 0 Å². The third kappa shape index (κ3) is 4.30. The van der Waals surface area contributed by atoms with Gasteiger partial charge in [-0.3, -0.25) is 4.99 Å². The van der Waals surface area contributed by atoms with Crippen molar-refractivity contribution in [1.82, 2.24) is 4.90 Å². The largest absolute Gasteiger partial charge is 0.416 e. The highest BCUT2D eigenvalue weighted by atomic mass is 32.2. The molecule has 21 heavy (non-hydrogen) atoms. The molecule has 116 valence electrons. The molecule has 3 nitrogen and oxygen atoms in total. The lowest BCUT2D eigenvalue weighted by atomic mass is 10.1. The summed E-state index contributed by atoms with van der Waals surface area (Å²) in [4.78, 5) is 6.19. The van der Waals surface area contributed by atoms with Gasteiger partial charge in [0.15, 0.2) is 5.96 Å². The molecule has 0 amide bonds. The molecule has 1 aliphatic heterocycles. The Hall–Kier alpha value is -1.37. The fourth-order valence-corrected chi connectivity index (χ4v) is 2.77. The average Bonchev–Trinajstić information content (AvgIpc) is 2.46. The quantitative estimate of drug-likeness (QED) is 0.928. The van der Waals surface area contributed by atoms with Crippen LogP contribution in [-0.4, -0.2) is 42.0 Å². The molecule has 2 rings (SSSR count). The first-order chi connectivity index (χ1) is 9.90. The number of alkyl halides is 3. The van der Waals surface area contributed by atoms with Crippen LogP contribution in [0.3, 0.4) is 0 Å². The minimum atomic E-state index is -4.30. The van der Waals surface area contributed by atoms with Gasteiger partial charge < -0.3 is 10.6 Å². The normalized spacial score (nSPS) is 19.5. The molecule has 7 heteroatoms. The molecule has 2 N–H and O–H groups in total. The summed E-state index contributed by atoms with van der Waals surface area (Å²) in [6, 6.07) is 5.43. The number of rotatable bonds is 4. The highest BCUT2D eigenvalue weighted by Crippen LogP contribution is 2.29. The van der Waals surface area contributed by atoms with Crippen LogP contribution in [0.2, 0.25) is 0 Å². The van der Waals surface area contributed by atoms with Crippen LogP contribution < -0.4 is 5.73 Å². The topological polar surface area (TPSA) is 41.6 Å². The molecule has 1 unspecified atom stereocenters. The van der Waals surface area contributed by atoms with Gasteiger partial charge in [0.1, 0.15) is 0 Å². The summed E-state index contributed by atoms with van der Waals surface area (Å²) in [5, 5.41) is 0.388. The minimum Gasteiger partial charge on any atom is -0.370 e. The number of aliphatic imine (C=N–C) groups is 1. The predicted molar refractivity (Wildman–Crippen MR) is 80.5 cm³/mol. The number of guanidine groups is 1. The van der Waals surface area contributed by atoms with Gasteiger partial charge in [-0.2, -0.15) is 24.9 Å². The summed E-state index contributed by atoms with van der Waals surface area (Å²) in [7, 11) is 0. The first-order valence-corrected chi connectivity index (χ1v) is 7.92. The second-order valence-corrected chi connectivity index (χ2v) is 6.09. The molecule has 0 saturated carbocycles. The summed E-state index contributed by atoms with van der Waals surface area (Å²) in [5.74, 6) is 0.479.